The zero-order chi connectivity index (χ0) is 19.6. The van der Waals surface area contributed by atoms with Gasteiger partial charge in [-0.25, -0.2) is 9.18 Å². The number of amides is 4. The molecular weight excluding hydrogens is 357 g/mol. The van der Waals surface area contributed by atoms with Crippen molar-refractivity contribution in [3.8, 4) is 0 Å². The third-order valence-electron chi connectivity index (χ3n) is 4.78. The van der Waals surface area contributed by atoms with Gasteiger partial charge in [-0.2, -0.15) is 0 Å². The predicted molar refractivity (Wildman–Crippen MR) is 92.0 cm³/mol. The summed E-state index contributed by atoms with van der Waals surface area (Å²) in [6, 6.07) is 4.49. The van der Waals surface area contributed by atoms with Gasteiger partial charge in [0.05, 0.1) is 0 Å². The fourth-order valence-electron chi connectivity index (χ4n) is 3.33. The number of nitrogens with zero attached hydrogens (tertiary/aromatic N) is 1. The van der Waals surface area contributed by atoms with Crippen molar-refractivity contribution >= 4 is 29.5 Å². The van der Waals surface area contributed by atoms with E-state index in [0.717, 1.165) is 17.7 Å². The summed E-state index contributed by atoms with van der Waals surface area (Å²) < 4.78 is 17.9. The Kier molecular flexibility index (Phi) is 5.11. The molecule has 1 heterocycles. The molecule has 1 saturated carbocycles. The van der Waals surface area contributed by atoms with Crippen LogP contribution in [0.3, 0.4) is 0 Å². The van der Waals surface area contributed by atoms with Gasteiger partial charge < -0.3 is 15.4 Å². The molecule has 0 bridgehead atoms. The van der Waals surface area contributed by atoms with E-state index in [-0.39, 0.29) is 0 Å². The molecule has 2 fully saturated rings. The number of imide groups is 1. The van der Waals surface area contributed by atoms with Gasteiger partial charge in [-0.05, 0) is 44.0 Å². The number of esters is 1. The van der Waals surface area contributed by atoms with Crippen molar-refractivity contribution in [2.24, 2.45) is 0 Å². The van der Waals surface area contributed by atoms with Crippen LogP contribution in [0.15, 0.2) is 24.3 Å². The summed E-state index contributed by atoms with van der Waals surface area (Å²) in [7, 11) is 0. The number of hydrogen-bond acceptors (Lipinski definition) is 5. The number of nitrogens with one attached hydrogen (secondary N) is 2. The Morgan fingerprint density at radius 1 is 1.26 bits per heavy atom. The van der Waals surface area contributed by atoms with E-state index in [1.807, 2.05) is 0 Å². The molecule has 1 aromatic carbocycles. The second-order valence-corrected chi connectivity index (χ2v) is 6.74. The van der Waals surface area contributed by atoms with E-state index in [0.29, 0.717) is 18.5 Å². The van der Waals surface area contributed by atoms with Gasteiger partial charge in [0.1, 0.15) is 17.9 Å². The van der Waals surface area contributed by atoms with Gasteiger partial charge in [0, 0.05) is 5.69 Å². The van der Waals surface area contributed by atoms with Crippen molar-refractivity contribution in [2.75, 3.05) is 11.9 Å². The summed E-state index contributed by atoms with van der Waals surface area (Å²) in [5, 5.41) is 5.15. The number of carbonyl (C=O) groups is 4. The zero-order valence-corrected chi connectivity index (χ0v) is 14.8. The average molecular weight is 377 g/mol. The number of urea groups is 1. The molecule has 1 spiro atoms. The van der Waals surface area contributed by atoms with Crippen LogP contribution in [0, 0.1) is 5.82 Å². The highest BCUT2D eigenvalue weighted by Crippen LogP contribution is 2.34. The Labute approximate surface area is 155 Å². The van der Waals surface area contributed by atoms with Crippen molar-refractivity contribution < 1.29 is 28.3 Å². The number of anilines is 1. The molecule has 1 aliphatic carbocycles. The van der Waals surface area contributed by atoms with Gasteiger partial charge in [0.25, 0.3) is 11.8 Å². The van der Waals surface area contributed by atoms with Gasteiger partial charge in [-0.3, -0.25) is 19.3 Å². The van der Waals surface area contributed by atoms with Crippen molar-refractivity contribution in [1.82, 2.24) is 10.2 Å². The van der Waals surface area contributed by atoms with Gasteiger partial charge in [0.15, 0.2) is 6.10 Å². The smallest absolute Gasteiger partial charge is 0.327 e. The van der Waals surface area contributed by atoms with E-state index in [2.05, 4.69) is 10.6 Å². The number of carbonyl (C=O) groups excluding carboxylic acids is 4. The second kappa shape index (κ2) is 7.34. The number of rotatable bonds is 5. The number of benzene rings is 1. The first-order valence-corrected chi connectivity index (χ1v) is 8.71. The first kappa shape index (κ1) is 18.8. The summed E-state index contributed by atoms with van der Waals surface area (Å²) in [6.45, 7) is 0.807. The Morgan fingerprint density at radius 3 is 2.52 bits per heavy atom. The summed E-state index contributed by atoms with van der Waals surface area (Å²) in [5.41, 5.74) is -0.551. The lowest BCUT2D eigenvalue weighted by molar-refractivity contribution is -0.155. The van der Waals surface area contributed by atoms with E-state index in [4.69, 9.17) is 4.74 Å². The van der Waals surface area contributed by atoms with Crippen LogP contribution in [0.2, 0.25) is 0 Å². The van der Waals surface area contributed by atoms with E-state index in [1.54, 1.807) is 0 Å². The maximum Gasteiger partial charge on any atom is 0.327 e. The lowest BCUT2D eigenvalue weighted by Crippen LogP contribution is -2.44. The molecule has 9 heteroatoms. The molecule has 2 N–H and O–H groups in total. The van der Waals surface area contributed by atoms with Crippen LogP contribution in [0.5, 0.6) is 0 Å². The molecule has 1 aromatic rings. The Balaban J connectivity index is 1.54. The first-order valence-electron chi connectivity index (χ1n) is 8.71. The van der Waals surface area contributed by atoms with Gasteiger partial charge in [-0.15, -0.1) is 0 Å². The largest absolute Gasteiger partial charge is 0.451 e. The molecule has 1 saturated heterocycles. The molecular formula is C18H20FN3O5. The van der Waals surface area contributed by atoms with Crippen LogP contribution in [0.25, 0.3) is 0 Å². The molecule has 3 rings (SSSR count). The molecule has 0 radical (unpaired) electrons. The highest BCUT2D eigenvalue weighted by atomic mass is 19.1. The van der Waals surface area contributed by atoms with E-state index >= 15 is 0 Å². The molecule has 0 unspecified atom stereocenters. The van der Waals surface area contributed by atoms with E-state index in [1.165, 1.54) is 31.2 Å². The van der Waals surface area contributed by atoms with E-state index < -0.39 is 47.8 Å². The van der Waals surface area contributed by atoms with Crippen molar-refractivity contribution in [1.29, 1.82) is 0 Å². The van der Waals surface area contributed by atoms with Crippen LogP contribution < -0.4 is 10.6 Å². The summed E-state index contributed by atoms with van der Waals surface area (Å²) in [5.74, 6) is -2.35. The van der Waals surface area contributed by atoms with Gasteiger partial charge in [-0.1, -0.05) is 12.8 Å². The third-order valence-corrected chi connectivity index (χ3v) is 4.78. The molecule has 0 aromatic heterocycles. The average Bonchev–Trinajstić information content (AvgIpc) is 3.18. The Morgan fingerprint density at radius 2 is 1.89 bits per heavy atom. The SMILES string of the molecule is C[C@H](OC(=O)CN1C(=O)NC2(CCCC2)C1=O)C(=O)Nc1ccc(F)cc1. The molecule has 1 aliphatic heterocycles. The molecule has 4 amide bonds. The lowest BCUT2D eigenvalue weighted by Gasteiger charge is -2.20. The minimum atomic E-state index is -1.15. The summed E-state index contributed by atoms with van der Waals surface area (Å²) >= 11 is 0. The summed E-state index contributed by atoms with van der Waals surface area (Å²) in [4.78, 5) is 49.5. The highest BCUT2D eigenvalue weighted by molar-refractivity contribution is 6.09. The lowest BCUT2D eigenvalue weighted by atomic mass is 9.98. The number of hydrogen-bond donors (Lipinski definition) is 2. The van der Waals surface area contributed by atoms with Crippen molar-refractivity contribution in [3.05, 3.63) is 30.1 Å². The quantitative estimate of drug-likeness (QED) is 0.599. The number of halogens is 1. The van der Waals surface area contributed by atoms with Crippen LogP contribution >= 0.6 is 0 Å². The van der Waals surface area contributed by atoms with Gasteiger partial charge in [0.2, 0.25) is 0 Å². The predicted octanol–water partition coefficient (Wildman–Crippen LogP) is 1.56. The maximum atomic E-state index is 12.9. The summed E-state index contributed by atoms with van der Waals surface area (Å²) in [6.07, 6.45) is 1.64. The van der Waals surface area contributed by atoms with Crippen LogP contribution in [0.1, 0.15) is 32.6 Å². The fraction of sp³-hybridized carbons (Fsp3) is 0.444. The monoisotopic (exact) mass is 377 g/mol. The van der Waals surface area contributed by atoms with Crippen LogP contribution in [-0.2, 0) is 19.1 Å². The van der Waals surface area contributed by atoms with E-state index in [9.17, 15) is 23.6 Å². The second-order valence-electron chi connectivity index (χ2n) is 6.74. The third kappa shape index (κ3) is 3.91. The zero-order valence-electron chi connectivity index (χ0n) is 14.8. The van der Waals surface area contributed by atoms with Crippen molar-refractivity contribution in [2.45, 2.75) is 44.2 Å². The Bertz CT molecular complexity index is 774. The molecule has 8 nitrogen and oxygen atoms in total. The fourth-order valence-corrected chi connectivity index (χ4v) is 3.33. The van der Waals surface area contributed by atoms with Crippen molar-refractivity contribution in [3.63, 3.8) is 0 Å². The topological polar surface area (TPSA) is 105 Å². The molecule has 144 valence electrons. The normalized spacial score (nSPS) is 19.1. The minimum Gasteiger partial charge on any atom is -0.451 e. The molecule has 1 atom stereocenters. The first-order chi connectivity index (χ1) is 12.8. The minimum absolute atomic E-state index is 0.349. The van der Waals surface area contributed by atoms with Crippen LogP contribution in [0.4, 0.5) is 14.9 Å². The molecule has 2 aliphatic rings. The maximum absolute atomic E-state index is 12.9. The van der Waals surface area contributed by atoms with Gasteiger partial charge >= 0.3 is 12.0 Å². The molecule has 27 heavy (non-hydrogen) atoms. The standard InChI is InChI=1S/C18H20FN3O5/c1-11(15(24)20-13-6-4-12(19)5-7-13)27-14(23)10-22-16(25)18(21-17(22)26)8-2-3-9-18/h4-7,11H,2-3,8-10H2,1H3,(H,20,24)(H,21,26)/t11-/m0/s1. The highest BCUT2D eigenvalue weighted by Gasteiger charge is 2.52. The van der Waals surface area contributed by atoms with Crippen LogP contribution in [-0.4, -0.2) is 46.9 Å². The Hall–Kier alpha value is -2.97. The number of ether oxygens (including phenoxy) is 1.